The average Bonchev–Trinajstić information content (AvgIpc) is 2.75. The van der Waals surface area contributed by atoms with Crippen molar-refractivity contribution in [1.82, 2.24) is 10.2 Å². The van der Waals surface area contributed by atoms with Gasteiger partial charge in [0, 0.05) is 29.5 Å². The normalized spacial score (nSPS) is 19.7. The summed E-state index contributed by atoms with van der Waals surface area (Å²) in [7, 11) is 0. The number of morpholine rings is 1. The van der Waals surface area contributed by atoms with Crippen LogP contribution < -0.4 is 10.2 Å². The second-order valence-electron chi connectivity index (χ2n) is 7.15. The van der Waals surface area contributed by atoms with E-state index in [4.69, 9.17) is 28.6 Å². The third kappa shape index (κ3) is 4.05. The van der Waals surface area contributed by atoms with E-state index in [1.807, 2.05) is 24.0 Å². The van der Waals surface area contributed by atoms with Crippen LogP contribution in [-0.4, -0.2) is 42.2 Å². The minimum absolute atomic E-state index is 0.0842. The molecule has 0 saturated carbocycles. The maximum atomic E-state index is 13.6. The first-order valence-corrected chi connectivity index (χ1v) is 10.4. The molecule has 1 saturated heterocycles. The fourth-order valence-corrected chi connectivity index (χ4v) is 4.25. The molecule has 8 heteroatoms. The molecule has 0 radical (unpaired) electrons. The molecule has 4 rings (SSSR count). The van der Waals surface area contributed by atoms with Crippen molar-refractivity contribution in [2.24, 2.45) is 0 Å². The molecular formula is C22H21ClFN3O2S. The zero-order chi connectivity index (χ0) is 21.3. The van der Waals surface area contributed by atoms with E-state index in [9.17, 15) is 9.18 Å². The molecule has 0 aromatic heterocycles. The van der Waals surface area contributed by atoms with E-state index in [1.54, 1.807) is 29.2 Å². The smallest absolute Gasteiger partial charge is 0.254 e. The number of ether oxygens (including phenoxy) is 1. The molecule has 0 bridgehead atoms. The molecule has 1 fully saturated rings. The van der Waals surface area contributed by atoms with Gasteiger partial charge in [-0.3, -0.25) is 9.69 Å². The van der Waals surface area contributed by atoms with Crippen molar-refractivity contribution >= 4 is 40.5 Å². The van der Waals surface area contributed by atoms with Gasteiger partial charge in [0.1, 0.15) is 5.82 Å². The van der Waals surface area contributed by atoms with Crippen LogP contribution in [0.15, 0.2) is 59.8 Å². The first-order chi connectivity index (χ1) is 14.5. The van der Waals surface area contributed by atoms with Crippen LogP contribution in [0.2, 0.25) is 5.02 Å². The molecule has 1 amide bonds. The highest BCUT2D eigenvalue weighted by atomic mass is 35.5. The predicted molar refractivity (Wildman–Crippen MR) is 119 cm³/mol. The predicted octanol–water partition coefficient (Wildman–Crippen LogP) is 4.05. The number of allylic oxidation sites excluding steroid dienone is 1. The number of nitrogens with one attached hydrogen (secondary N) is 1. The van der Waals surface area contributed by atoms with Gasteiger partial charge in [0.25, 0.3) is 5.91 Å². The van der Waals surface area contributed by atoms with Gasteiger partial charge in [-0.2, -0.15) is 0 Å². The molecule has 1 atom stereocenters. The summed E-state index contributed by atoms with van der Waals surface area (Å²) in [5.41, 5.74) is 2.88. The lowest BCUT2D eigenvalue weighted by Gasteiger charge is -2.40. The van der Waals surface area contributed by atoms with Crippen LogP contribution in [0.25, 0.3) is 0 Å². The largest absolute Gasteiger partial charge is 0.378 e. The Bertz CT molecular complexity index is 988. The van der Waals surface area contributed by atoms with Crippen LogP contribution in [0.5, 0.6) is 0 Å². The maximum absolute atomic E-state index is 13.6. The van der Waals surface area contributed by atoms with Crippen LogP contribution in [0.1, 0.15) is 18.5 Å². The Hall–Kier alpha value is -2.48. The number of nitrogens with zero attached hydrogens (tertiary/aromatic N) is 2. The summed E-state index contributed by atoms with van der Waals surface area (Å²) in [4.78, 5) is 17.2. The van der Waals surface area contributed by atoms with E-state index in [0.29, 0.717) is 42.0 Å². The number of thiocarbonyl (C=S) groups is 1. The van der Waals surface area contributed by atoms with Crippen molar-refractivity contribution < 1.29 is 13.9 Å². The van der Waals surface area contributed by atoms with Crippen molar-refractivity contribution in [3.8, 4) is 0 Å². The average molecular weight is 446 g/mol. The molecule has 0 aliphatic carbocycles. The third-order valence-corrected chi connectivity index (χ3v) is 5.85. The van der Waals surface area contributed by atoms with Crippen LogP contribution in [-0.2, 0) is 9.53 Å². The molecule has 2 aromatic rings. The number of rotatable bonds is 3. The van der Waals surface area contributed by atoms with Crippen LogP contribution >= 0.6 is 23.8 Å². The Morgan fingerprint density at radius 3 is 2.40 bits per heavy atom. The van der Waals surface area contributed by atoms with Gasteiger partial charge in [0.2, 0.25) is 0 Å². The molecule has 2 aliphatic heterocycles. The Labute approximate surface area is 185 Å². The standard InChI is InChI=1S/C22H21ClFN3O2S/c1-14-19(21(28)26-10-12-29-13-11-26)20(15-2-6-17(24)7-3-15)25-22(30)27(14)18-8-4-16(23)5-9-18/h2-9,20H,10-13H2,1H3,(H,25,30)/t20-/m1/s1. The minimum atomic E-state index is -0.475. The van der Waals surface area contributed by atoms with Gasteiger partial charge < -0.3 is 15.0 Å². The topological polar surface area (TPSA) is 44.8 Å². The SMILES string of the molecule is CC1=C(C(=O)N2CCOCC2)[C@@H](c2ccc(F)cc2)NC(=S)N1c1ccc(Cl)cc1. The molecule has 1 N–H and O–H groups in total. The highest BCUT2D eigenvalue weighted by Gasteiger charge is 2.36. The molecule has 156 valence electrons. The van der Waals surface area contributed by atoms with Crippen molar-refractivity contribution in [1.29, 1.82) is 0 Å². The summed E-state index contributed by atoms with van der Waals surface area (Å²) in [5, 5.41) is 4.36. The van der Waals surface area contributed by atoms with Gasteiger partial charge in [-0.25, -0.2) is 4.39 Å². The van der Waals surface area contributed by atoms with Crippen molar-refractivity contribution in [3.63, 3.8) is 0 Å². The Balaban J connectivity index is 1.80. The zero-order valence-corrected chi connectivity index (χ0v) is 18.0. The number of carbonyl (C=O) groups is 1. The minimum Gasteiger partial charge on any atom is -0.378 e. The molecule has 30 heavy (non-hydrogen) atoms. The summed E-state index contributed by atoms with van der Waals surface area (Å²) >= 11 is 11.7. The zero-order valence-electron chi connectivity index (χ0n) is 16.4. The first-order valence-electron chi connectivity index (χ1n) is 9.65. The molecule has 2 aromatic carbocycles. The van der Waals surface area contributed by atoms with Gasteiger partial charge in [-0.05, 0) is 61.1 Å². The second-order valence-corrected chi connectivity index (χ2v) is 7.97. The van der Waals surface area contributed by atoms with Gasteiger partial charge in [-0.1, -0.05) is 23.7 Å². The fourth-order valence-electron chi connectivity index (χ4n) is 3.76. The monoisotopic (exact) mass is 445 g/mol. The Morgan fingerprint density at radius 1 is 1.13 bits per heavy atom. The molecular weight excluding hydrogens is 425 g/mol. The summed E-state index contributed by atoms with van der Waals surface area (Å²) in [6.45, 7) is 3.94. The fraction of sp³-hybridized carbons (Fsp3) is 0.273. The van der Waals surface area contributed by atoms with Gasteiger partial charge >= 0.3 is 0 Å². The molecule has 2 aliphatic rings. The number of carbonyl (C=O) groups excluding carboxylic acids is 1. The highest BCUT2D eigenvalue weighted by molar-refractivity contribution is 7.80. The number of amides is 1. The Morgan fingerprint density at radius 2 is 1.77 bits per heavy atom. The maximum Gasteiger partial charge on any atom is 0.254 e. The summed E-state index contributed by atoms with van der Waals surface area (Å²) < 4.78 is 18.9. The number of halogens is 2. The molecule has 0 unspecified atom stereocenters. The van der Waals surface area contributed by atoms with E-state index < -0.39 is 6.04 Å². The lowest BCUT2D eigenvalue weighted by atomic mass is 9.93. The molecule has 0 spiro atoms. The van der Waals surface area contributed by atoms with Gasteiger partial charge in [-0.15, -0.1) is 0 Å². The lowest BCUT2D eigenvalue weighted by Crippen LogP contribution is -2.51. The Kier molecular flexibility index (Phi) is 6.04. The molecule has 2 heterocycles. The van der Waals surface area contributed by atoms with Gasteiger partial charge in [0.15, 0.2) is 5.11 Å². The highest BCUT2D eigenvalue weighted by Crippen LogP contribution is 2.35. The van der Waals surface area contributed by atoms with Crippen LogP contribution in [0.4, 0.5) is 10.1 Å². The van der Waals surface area contributed by atoms with E-state index in [0.717, 1.165) is 16.9 Å². The van der Waals surface area contributed by atoms with Crippen LogP contribution in [0.3, 0.4) is 0 Å². The lowest BCUT2D eigenvalue weighted by molar-refractivity contribution is -0.131. The van der Waals surface area contributed by atoms with Crippen molar-refractivity contribution in [2.75, 3.05) is 31.2 Å². The molecule has 5 nitrogen and oxygen atoms in total. The third-order valence-electron chi connectivity index (χ3n) is 5.30. The number of anilines is 1. The van der Waals surface area contributed by atoms with Crippen molar-refractivity contribution in [3.05, 3.63) is 76.2 Å². The summed E-state index contributed by atoms with van der Waals surface area (Å²) in [5.74, 6) is -0.416. The van der Waals surface area contributed by atoms with E-state index in [1.165, 1.54) is 12.1 Å². The van der Waals surface area contributed by atoms with Crippen molar-refractivity contribution in [2.45, 2.75) is 13.0 Å². The quantitative estimate of drug-likeness (QED) is 0.722. The second kappa shape index (κ2) is 8.71. The number of hydrogen-bond donors (Lipinski definition) is 1. The first kappa shape index (κ1) is 20.8. The van der Waals surface area contributed by atoms with E-state index >= 15 is 0 Å². The van der Waals surface area contributed by atoms with Crippen LogP contribution in [0, 0.1) is 5.82 Å². The van der Waals surface area contributed by atoms with E-state index in [2.05, 4.69) is 5.32 Å². The van der Waals surface area contributed by atoms with E-state index in [-0.39, 0.29) is 11.7 Å². The van der Waals surface area contributed by atoms with Gasteiger partial charge in [0.05, 0.1) is 24.8 Å². The summed E-state index contributed by atoms with van der Waals surface area (Å²) in [6, 6.07) is 12.9. The number of hydrogen-bond acceptors (Lipinski definition) is 3. The summed E-state index contributed by atoms with van der Waals surface area (Å²) in [6.07, 6.45) is 0. The number of benzene rings is 2.